The van der Waals surface area contributed by atoms with Gasteiger partial charge in [-0.1, -0.05) is 29.3 Å². The fourth-order valence-electron chi connectivity index (χ4n) is 2.25. The summed E-state index contributed by atoms with van der Waals surface area (Å²) in [5.41, 5.74) is 1.31. The summed E-state index contributed by atoms with van der Waals surface area (Å²) in [6.07, 6.45) is 0. The molecule has 21 heavy (non-hydrogen) atoms. The minimum atomic E-state index is -0.646. The van der Waals surface area contributed by atoms with Crippen LogP contribution in [-0.4, -0.2) is 11.7 Å². The summed E-state index contributed by atoms with van der Waals surface area (Å²) < 4.78 is 13.0. The van der Waals surface area contributed by atoms with E-state index in [2.05, 4.69) is 0 Å². The van der Waals surface area contributed by atoms with Crippen molar-refractivity contribution >= 4 is 40.6 Å². The summed E-state index contributed by atoms with van der Waals surface area (Å²) in [6, 6.07) is 8.59. The average molecular weight is 324 g/mol. The highest BCUT2D eigenvalue weighted by molar-refractivity contribution is 6.52. The van der Waals surface area contributed by atoms with Gasteiger partial charge in [0.05, 0.1) is 17.8 Å². The Balaban J connectivity index is 2.00. The molecule has 0 saturated heterocycles. The molecule has 0 saturated carbocycles. The number of halogens is 3. The van der Waals surface area contributed by atoms with E-state index in [4.69, 9.17) is 23.2 Å². The average Bonchev–Trinajstić information content (AvgIpc) is 2.66. The van der Waals surface area contributed by atoms with Gasteiger partial charge in [-0.25, -0.2) is 4.39 Å². The first-order valence-corrected chi connectivity index (χ1v) is 6.82. The van der Waals surface area contributed by atoms with Crippen LogP contribution in [0.4, 0.5) is 10.1 Å². The first-order valence-electron chi connectivity index (χ1n) is 6.07. The Kier molecular flexibility index (Phi) is 3.43. The molecule has 0 unspecified atom stereocenters. The third-order valence-corrected chi connectivity index (χ3v) is 3.86. The van der Waals surface area contributed by atoms with Gasteiger partial charge in [-0.3, -0.25) is 9.59 Å². The lowest BCUT2D eigenvalue weighted by atomic mass is 10.1. The number of hydrogen-bond donors (Lipinski definition) is 0. The Hall–Kier alpha value is -1.91. The van der Waals surface area contributed by atoms with Gasteiger partial charge in [0.1, 0.15) is 5.82 Å². The maximum absolute atomic E-state index is 13.0. The summed E-state index contributed by atoms with van der Waals surface area (Å²) in [5, 5.41) is 0.592. The molecule has 0 radical (unpaired) electrons. The monoisotopic (exact) mass is 323 g/mol. The molecule has 0 fully saturated rings. The van der Waals surface area contributed by atoms with E-state index in [-0.39, 0.29) is 17.1 Å². The lowest BCUT2D eigenvalue weighted by molar-refractivity contribution is -0.114. The molecule has 2 aromatic rings. The summed E-state index contributed by atoms with van der Waals surface area (Å²) in [4.78, 5) is 25.3. The normalized spacial score (nSPS) is 13.8. The summed E-state index contributed by atoms with van der Waals surface area (Å²) >= 11 is 11.8. The van der Waals surface area contributed by atoms with E-state index in [0.29, 0.717) is 16.3 Å². The van der Waals surface area contributed by atoms with Crippen molar-refractivity contribution < 1.29 is 14.0 Å². The van der Waals surface area contributed by atoms with Gasteiger partial charge in [-0.2, -0.15) is 0 Å². The molecule has 1 aliphatic heterocycles. The Morgan fingerprint density at radius 1 is 1.05 bits per heavy atom. The van der Waals surface area contributed by atoms with Gasteiger partial charge in [-0.15, -0.1) is 0 Å². The molecule has 0 bridgehead atoms. The van der Waals surface area contributed by atoms with Crippen molar-refractivity contribution in [2.24, 2.45) is 0 Å². The zero-order valence-corrected chi connectivity index (χ0v) is 12.1. The van der Waals surface area contributed by atoms with E-state index < -0.39 is 17.5 Å². The topological polar surface area (TPSA) is 37.4 Å². The number of rotatable bonds is 2. The van der Waals surface area contributed by atoms with Crippen molar-refractivity contribution in [1.82, 2.24) is 0 Å². The second kappa shape index (κ2) is 5.13. The first-order chi connectivity index (χ1) is 9.97. The number of anilines is 1. The van der Waals surface area contributed by atoms with Crippen LogP contribution in [0, 0.1) is 5.82 Å². The molecule has 1 aliphatic rings. The second-order valence-corrected chi connectivity index (χ2v) is 5.46. The third-order valence-electron chi connectivity index (χ3n) is 3.28. The maximum atomic E-state index is 13.0. The number of hydrogen-bond acceptors (Lipinski definition) is 2. The molecular weight excluding hydrogens is 316 g/mol. The predicted molar refractivity (Wildman–Crippen MR) is 78.4 cm³/mol. The van der Waals surface area contributed by atoms with Crippen molar-refractivity contribution in [2.45, 2.75) is 6.54 Å². The molecule has 6 heteroatoms. The van der Waals surface area contributed by atoms with Gasteiger partial charge in [0.2, 0.25) is 0 Å². The number of amides is 1. The van der Waals surface area contributed by atoms with E-state index in [9.17, 15) is 14.0 Å². The number of fused-ring (bicyclic) bond motifs is 1. The predicted octanol–water partition coefficient (Wildman–Crippen LogP) is 3.86. The molecule has 2 aromatic carbocycles. The number of benzene rings is 2. The fraction of sp³-hybridized carbons (Fsp3) is 0.0667. The van der Waals surface area contributed by atoms with Gasteiger partial charge in [0.25, 0.3) is 11.7 Å². The van der Waals surface area contributed by atoms with Crippen LogP contribution in [-0.2, 0) is 11.3 Å². The van der Waals surface area contributed by atoms with Crippen LogP contribution in [0.1, 0.15) is 15.9 Å². The smallest absolute Gasteiger partial charge is 0.299 e. The van der Waals surface area contributed by atoms with E-state index >= 15 is 0 Å². The van der Waals surface area contributed by atoms with Crippen molar-refractivity contribution in [3.05, 3.63) is 63.4 Å². The Labute approximate surface area is 129 Å². The van der Waals surface area contributed by atoms with E-state index in [1.165, 1.54) is 29.2 Å². The second-order valence-electron chi connectivity index (χ2n) is 4.62. The minimum absolute atomic E-state index is 0.0956. The lowest BCUT2D eigenvalue weighted by Gasteiger charge is -2.17. The van der Waals surface area contributed by atoms with Gasteiger partial charge >= 0.3 is 0 Å². The molecule has 1 heterocycles. The van der Waals surface area contributed by atoms with Gasteiger partial charge in [0, 0.05) is 10.0 Å². The quantitative estimate of drug-likeness (QED) is 0.787. The van der Waals surface area contributed by atoms with Crippen LogP contribution < -0.4 is 4.90 Å². The molecule has 1 amide bonds. The molecule has 0 N–H and O–H groups in total. The third kappa shape index (κ3) is 2.41. The molecule has 3 rings (SSSR count). The highest BCUT2D eigenvalue weighted by Crippen LogP contribution is 2.33. The Morgan fingerprint density at radius 3 is 2.52 bits per heavy atom. The van der Waals surface area contributed by atoms with Crippen LogP contribution in [0.2, 0.25) is 10.0 Å². The zero-order chi connectivity index (χ0) is 15.1. The highest BCUT2D eigenvalue weighted by Gasteiger charge is 2.36. The minimum Gasteiger partial charge on any atom is -0.300 e. The van der Waals surface area contributed by atoms with Crippen LogP contribution in [0.25, 0.3) is 0 Å². The van der Waals surface area contributed by atoms with Crippen LogP contribution >= 0.6 is 23.2 Å². The standard InChI is InChI=1S/C15H8Cl2FNO2/c16-9-2-4-13-11(5-9)14(20)15(21)19(13)7-8-1-3-10(18)6-12(8)17/h1-6H,7H2. The number of Topliss-reactive ketones (excluding diaryl/α,β-unsaturated/α-hetero) is 1. The maximum Gasteiger partial charge on any atom is 0.299 e. The molecule has 0 spiro atoms. The fourth-order valence-corrected chi connectivity index (χ4v) is 2.65. The lowest BCUT2D eigenvalue weighted by Crippen LogP contribution is -2.29. The highest BCUT2D eigenvalue weighted by atomic mass is 35.5. The van der Waals surface area contributed by atoms with E-state index in [0.717, 1.165) is 0 Å². The molecule has 0 atom stereocenters. The van der Waals surface area contributed by atoms with E-state index in [1.807, 2.05) is 0 Å². The van der Waals surface area contributed by atoms with Crippen molar-refractivity contribution in [2.75, 3.05) is 4.90 Å². The summed E-state index contributed by atoms with van der Waals surface area (Å²) in [6.45, 7) is 0.0956. The van der Waals surface area contributed by atoms with Gasteiger partial charge in [-0.05, 0) is 35.9 Å². The summed E-state index contributed by atoms with van der Waals surface area (Å²) in [7, 11) is 0. The van der Waals surface area contributed by atoms with Crippen molar-refractivity contribution in [3.8, 4) is 0 Å². The molecular formula is C15H8Cl2FNO2. The number of carbonyl (C=O) groups is 2. The van der Waals surface area contributed by atoms with Crippen molar-refractivity contribution in [1.29, 1.82) is 0 Å². The SMILES string of the molecule is O=C1C(=O)N(Cc2ccc(F)cc2Cl)c2ccc(Cl)cc21. The van der Waals surface area contributed by atoms with Crippen LogP contribution in [0.3, 0.4) is 0 Å². The Bertz CT molecular complexity index is 776. The number of nitrogens with zero attached hydrogens (tertiary/aromatic N) is 1. The molecule has 0 aliphatic carbocycles. The van der Waals surface area contributed by atoms with Gasteiger partial charge in [0.15, 0.2) is 0 Å². The molecule has 106 valence electrons. The van der Waals surface area contributed by atoms with Crippen LogP contribution in [0.5, 0.6) is 0 Å². The van der Waals surface area contributed by atoms with E-state index in [1.54, 1.807) is 12.1 Å². The Morgan fingerprint density at radius 2 is 1.81 bits per heavy atom. The number of ketones is 1. The largest absolute Gasteiger partial charge is 0.300 e. The zero-order valence-electron chi connectivity index (χ0n) is 10.6. The van der Waals surface area contributed by atoms with Gasteiger partial charge < -0.3 is 4.90 Å². The van der Waals surface area contributed by atoms with Crippen LogP contribution in [0.15, 0.2) is 36.4 Å². The van der Waals surface area contributed by atoms with Crippen molar-refractivity contribution in [3.63, 3.8) is 0 Å². The number of carbonyl (C=O) groups excluding carboxylic acids is 2. The summed E-state index contributed by atoms with van der Waals surface area (Å²) in [5.74, 6) is -1.71. The molecule has 3 nitrogen and oxygen atoms in total. The molecule has 0 aromatic heterocycles. The first kappa shape index (κ1) is 14.0.